The van der Waals surface area contributed by atoms with E-state index in [9.17, 15) is 8.42 Å². The Morgan fingerprint density at radius 1 is 1.24 bits per heavy atom. The van der Waals surface area contributed by atoms with Crippen molar-refractivity contribution < 1.29 is 8.42 Å². The standard InChI is InChI=1S/C17H27NO2S/c1-2-3-5-12-17(15-9-6-4-7-10-15)18-14-16-11-8-13-21(16,19)20/h4,6-7,9-10,16-18H,2-3,5,8,11-14H2,1H3. The summed E-state index contributed by atoms with van der Waals surface area (Å²) in [7, 11) is -2.85. The molecule has 0 radical (unpaired) electrons. The monoisotopic (exact) mass is 309 g/mol. The molecule has 2 rings (SSSR count). The summed E-state index contributed by atoms with van der Waals surface area (Å²) >= 11 is 0. The molecule has 0 aliphatic carbocycles. The number of rotatable bonds is 8. The molecule has 2 atom stereocenters. The van der Waals surface area contributed by atoms with E-state index >= 15 is 0 Å². The topological polar surface area (TPSA) is 46.2 Å². The highest BCUT2D eigenvalue weighted by atomic mass is 32.2. The van der Waals surface area contributed by atoms with Gasteiger partial charge in [-0.05, 0) is 24.8 Å². The van der Waals surface area contributed by atoms with Gasteiger partial charge in [0.1, 0.15) is 0 Å². The summed E-state index contributed by atoms with van der Waals surface area (Å²) in [6, 6.07) is 10.7. The molecule has 1 heterocycles. The van der Waals surface area contributed by atoms with Crippen molar-refractivity contribution in [3.05, 3.63) is 35.9 Å². The Balaban J connectivity index is 1.96. The second-order valence-corrected chi connectivity index (χ2v) is 8.40. The number of hydrogen-bond acceptors (Lipinski definition) is 3. The third-order valence-corrected chi connectivity index (χ3v) is 6.63. The van der Waals surface area contributed by atoms with Crippen LogP contribution in [0.4, 0.5) is 0 Å². The van der Waals surface area contributed by atoms with Crippen LogP contribution < -0.4 is 5.32 Å². The molecule has 1 aromatic rings. The third kappa shape index (κ3) is 4.82. The predicted octanol–water partition coefficient (Wildman–Crippen LogP) is 3.47. The fraction of sp³-hybridized carbons (Fsp3) is 0.647. The fourth-order valence-corrected chi connectivity index (χ4v) is 4.81. The van der Waals surface area contributed by atoms with Gasteiger partial charge in [-0.1, -0.05) is 56.5 Å². The molecule has 0 spiro atoms. The van der Waals surface area contributed by atoms with Gasteiger partial charge in [-0.25, -0.2) is 8.42 Å². The molecular weight excluding hydrogens is 282 g/mol. The zero-order valence-corrected chi connectivity index (χ0v) is 13.7. The second-order valence-electron chi connectivity index (χ2n) is 6.00. The highest BCUT2D eigenvalue weighted by molar-refractivity contribution is 7.92. The molecule has 21 heavy (non-hydrogen) atoms. The van der Waals surface area contributed by atoms with Crippen LogP contribution in [0.2, 0.25) is 0 Å². The van der Waals surface area contributed by atoms with Crippen LogP contribution >= 0.6 is 0 Å². The van der Waals surface area contributed by atoms with Gasteiger partial charge in [-0.15, -0.1) is 0 Å². The zero-order valence-electron chi connectivity index (χ0n) is 12.9. The molecule has 3 nitrogen and oxygen atoms in total. The molecule has 4 heteroatoms. The van der Waals surface area contributed by atoms with E-state index in [2.05, 4.69) is 36.5 Å². The number of hydrogen-bond donors (Lipinski definition) is 1. The summed E-state index contributed by atoms with van der Waals surface area (Å²) in [4.78, 5) is 0. The van der Waals surface area contributed by atoms with Gasteiger partial charge in [0.05, 0.1) is 11.0 Å². The number of sulfone groups is 1. The third-order valence-electron chi connectivity index (χ3n) is 4.35. The van der Waals surface area contributed by atoms with Gasteiger partial charge in [-0.2, -0.15) is 0 Å². The van der Waals surface area contributed by atoms with Gasteiger partial charge in [0.25, 0.3) is 0 Å². The molecule has 1 N–H and O–H groups in total. The Kier molecular flexibility index (Phi) is 6.24. The first-order chi connectivity index (χ1) is 10.1. The average molecular weight is 309 g/mol. The van der Waals surface area contributed by atoms with Gasteiger partial charge in [0, 0.05) is 12.6 Å². The molecule has 0 amide bonds. The summed E-state index contributed by atoms with van der Waals surface area (Å²) in [6.07, 6.45) is 6.32. The van der Waals surface area contributed by atoms with Crippen molar-refractivity contribution in [3.8, 4) is 0 Å². The summed E-state index contributed by atoms with van der Waals surface area (Å²) in [5, 5.41) is 3.33. The highest BCUT2D eigenvalue weighted by Crippen LogP contribution is 2.23. The van der Waals surface area contributed by atoms with Crippen molar-refractivity contribution in [2.75, 3.05) is 12.3 Å². The summed E-state index contributed by atoms with van der Waals surface area (Å²) in [6.45, 7) is 2.80. The maximum absolute atomic E-state index is 11.9. The Morgan fingerprint density at radius 2 is 2.00 bits per heavy atom. The molecule has 0 saturated carbocycles. The van der Waals surface area contributed by atoms with E-state index in [0.29, 0.717) is 12.3 Å². The van der Waals surface area contributed by atoms with E-state index in [1.807, 2.05) is 6.07 Å². The molecule has 2 unspecified atom stereocenters. The summed E-state index contributed by atoms with van der Waals surface area (Å²) in [5.74, 6) is 0.366. The van der Waals surface area contributed by atoms with Crippen LogP contribution in [0.15, 0.2) is 30.3 Å². The first kappa shape index (κ1) is 16.5. The number of unbranched alkanes of at least 4 members (excludes halogenated alkanes) is 2. The first-order valence-electron chi connectivity index (χ1n) is 8.13. The Morgan fingerprint density at radius 3 is 2.62 bits per heavy atom. The van der Waals surface area contributed by atoms with Crippen LogP contribution in [-0.2, 0) is 9.84 Å². The van der Waals surface area contributed by atoms with Crippen LogP contribution in [0.1, 0.15) is 57.1 Å². The lowest BCUT2D eigenvalue weighted by Crippen LogP contribution is -2.33. The lowest BCUT2D eigenvalue weighted by Gasteiger charge is -2.21. The molecule has 118 valence electrons. The quantitative estimate of drug-likeness (QED) is 0.748. The maximum atomic E-state index is 11.9. The predicted molar refractivity (Wildman–Crippen MR) is 88.1 cm³/mol. The van der Waals surface area contributed by atoms with Crippen molar-refractivity contribution >= 4 is 9.84 Å². The van der Waals surface area contributed by atoms with E-state index in [0.717, 1.165) is 19.3 Å². The first-order valence-corrected chi connectivity index (χ1v) is 9.85. The Bertz CT molecular complexity index is 513. The largest absolute Gasteiger partial charge is 0.309 e. The highest BCUT2D eigenvalue weighted by Gasteiger charge is 2.31. The fourth-order valence-electron chi connectivity index (χ4n) is 3.03. The van der Waals surface area contributed by atoms with Gasteiger partial charge < -0.3 is 5.32 Å². The minimum absolute atomic E-state index is 0.185. The van der Waals surface area contributed by atoms with Crippen LogP contribution in [0, 0.1) is 0 Å². The van der Waals surface area contributed by atoms with Gasteiger partial charge in [-0.3, -0.25) is 0 Å². The summed E-state index contributed by atoms with van der Waals surface area (Å²) in [5.41, 5.74) is 1.27. The van der Waals surface area contributed by atoms with Gasteiger partial charge in [0.15, 0.2) is 9.84 Å². The lowest BCUT2D eigenvalue weighted by atomic mass is 10.0. The van der Waals surface area contributed by atoms with E-state index in [1.165, 1.54) is 24.8 Å². The maximum Gasteiger partial charge on any atom is 0.154 e. The Labute approximate surface area is 129 Å². The van der Waals surface area contributed by atoms with Crippen molar-refractivity contribution in [2.24, 2.45) is 0 Å². The van der Waals surface area contributed by atoms with Crippen LogP contribution in [0.5, 0.6) is 0 Å². The normalized spacial score (nSPS) is 22.2. The molecule has 0 aromatic heterocycles. The Hall–Kier alpha value is -0.870. The van der Waals surface area contributed by atoms with Crippen molar-refractivity contribution in [3.63, 3.8) is 0 Å². The van der Waals surface area contributed by atoms with Crippen molar-refractivity contribution in [2.45, 2.75) is 56.7 Å². The summed E-state index contributed by atoms with van der Waals surface area (Å²) < 4.78 is 23.9. The van der Waals surface area contributed by atoms with Crippen LogP contribution in [-0.4, -0.2) is 26.0 Å². The molecule has 1 aliphatic rings. The van der Waals surface area contributed by atoms with Gasteiger partial charge >= 0.3 is 0 Å². The van der Waals surface area contributed by atoms with Crippen LogP contribution in [0.25, 0.3) is 0 Å². The number of benzene rings is 1. The molecule has 1 saturated heterocycles. The van der Waals surface area contributed by atoms with E-state index < -0.39 is 9.84 Å². The SMILES string of the molecule is CCCCCC(NCC1CCCS1(=O)=O)c1ccccc1. The molecule has 1 aliphatic heterocycles. The number of nitrogens with one attached hydrogen (secondary N) is 1. The molecule has 1 fully saturated rings. The molecular formula is C17H27NO2S. The smallest absolute Gasteiger partial charge is 0.154 e. The lowest BCUT2D eigenvalue weighted by molar-refractivity contribution is 0.466. The van der Waals surface area contributed by atoms with E-state index in [-0.39, 0.29) is 11.3 Å². The van der Waals surface area contributed by atoms with E-state index in [1.54, 1.807) is 0 Å². The minimum Gasteiger partial charge on any atom is -0.309 e. The van der Waals surface area contributed by atoms with Crippen LogP contribution in [0.3, 0.4) is 0 Å². The second kappa shape index (κ2) is 7.95. The average Bonchev–Trinajstić information content (AvgIpc) is 2.82. The van der Waals surface area contributed by atoms with Crippen molar-refractivity contribution in [1.82, 2.24) is 5.32 Å². The molecule has 1 aromatic carbocycles. The minimum atomic E-state index is -2.85. The van der Waals surface area contributed by atoms with Gasteiger partial charge in [0.2, 0.25) is 0 Å². The zero-order chi connectivity index (χ0) is 15.1. The van der Waals surface area contributed by atoms with Crippen molar-refractivity contribution in [1.29, 1.82) is 0 Å². The molecule has 0 bridgehead atoms. The van der Waals surface area contributed by atoms with E-state index in [4.69, 9.17) is 0 Å².